The second kappa shape index (κ2) is 19.8. The fourth-order valence-corrected chi connectivity index (χ4v) is 5.09. The first-order valence-corrected chi connectivity index (χ1v) is 14.2. The van der Waals surface area contributed by atoms with Gasteiger partial charge in [0.2, 0.25) is 0 Å². The van der Waals surface area contributed by atoms with Crippen molar-refractivity contribution in [1.82, 2.24) is 4.48 Å². The van der Waals surface area contributed by atoms with Gasteiger partial charge in [-0.15, -0.1) is 0 Å². The van der Waals surface area contributed by atoms with Gasteiger partial charge in [0.25, 0.3) is 0 Å². The van der Waals surface area contributed by atoms with E-state index >= 15 is 0 Å². The first kappa shape index (κ1) is 28.2. The van der Waals surface area contributed by atoms with Gasteiger partial charge in [-0.3, -0.25) is 4.48 Å². The number of hydrogen-bond acceptors (Lipinski definition) is 0. The zero-order chi connectivity index (χ0) is 22.5. The van der Waals surface area contributed by atoms with Crippen LogP contribution in [0, 0.1) is 0 Å². The molecule has 0 unspecified atom stereocenters. The van der Waals surface area contributed by atoms with Crippen LogP contribution in [-0.2, 0) is 0 Å². The first-order valence-electron chi connectivity index (χ1n) is 14.2. The summed E-state index contributed by atoms with van der Waals surface area (Å²) in [7, 11) is 0. The molecule has 31 heavy (non-hydrogen) atoms. The summed E-state index contributed by atoms with van der Waals surface area (Å²) < 4.78 is 1.15. The molecule has 0 amide bonds. The molecular weight excluding hydrogens is 374 g/mol. The Bertz CT molecular complexity index is 476. The van der Waals surface area contributed by atoms with Crippen molar-refractivity contribution in [2.75, 3.05) is 19.6 Å². The van der Waals surface area contributed by atoms with E-state index in [0.29, 0.717) is 0 Å². The maximum Gasteiger partial charge on any atom is 0.132 e. The second-order valence-electron chi connectivity index (χ2n) is 9.85. The van der Waals surface area contributed by atoms with Crippen molar-refractivity contribution < 1.29 is 0 Å². The summed E-state index contributed by atoms with van der Waals surface area (Å²) in [6.45, 7) is 10.7. The van der Waals surface area contributed by atoms with Gasteiger partial charge in [0, 0.05) is 0 Å². The lowest BCUT2D eigenvalue weighted by Crippen LogP contribution is -2.49. The third-order valence-electron chi connectivity index (χ3n) is 7.45. The Morgan fingerprint density at radius 3 is 1.16 bits per heavy atom. The highest BCUT2D eigenvalue weighted by atomic mass is 15.3. The largest absolute Gasteiger partial charge is 0.292 e. The molecule has 0 saturated heterocycles. The van der Waals surface area contributed by atoms with E-state index in [9.17, 15) is 0 Å². The predicted octanol–water partition coefficient (Wildman–Crippen LogP) is 10.1. The van der Waals surface area contributed by atoms with Crippen molar-refractivity contribution in [3.63, 3.8) is 0 Å². The number of para-hydroxylation sites is 1. The number of hydrogen-bond donors (Lipinski definition) is 0. The lowest BCUT2D eigenvalue weighted by molar-refractivity contribution is 0.291. The summed E-state index contributed by atoms with van der Waals surface area (Å²) in [5, 5.41) is 0. The van der Waals surface area contributed by atoms with Gasteiger partial charge in [0.1, 0.15) is 5.69 Å². The maximum absolute atomic E-state index is 2.35. The standard InChI is InChI=1S/C30H56N/c1-4-7-8-9-10-11-12-13-14-15-16-17-18-19-20-21-22-26-29-31(5-2,6-3)30-27-24-23-25-28-30/h23-25,27-28H,4-22,26,29H2,1-3H3/q+1. The summed E-state index contributed by atoms with van der Waals surface area (Å²) >= 11 is 0. The van der Waals surface area contributed by atoms with Crippen molar-refractivity contribution in [1.29, 1.82) is 0 Å². The number of unbranched alkanes of at least 4 members (excludes halogenated alkanes) is 17. The lowest BCUT2D eigenvalue weighted by atomic mass is 10.0. The van der Waals surface area contributed by atoms with Crippen LogP contribution in [0.2, 0.25) is 0 Å². The molecule has 0 N–H and O–H groups in total. The molecule has 0 radical (unpaired) electrons. The smallest absolute Gasteiger partial charge is 0.132 e. The minimum atomic E-state index is 1.15. The molecule has 1 aromatic rings. The van der Waals surface area contributed by atoms with Crippen LogP contribution in [0.1, 0.15) is 136 Å². The summed E-state index contributed by atoms with van der Waals surface area (Å²) in [5.74, 6) is 0. The molecule has 1 nitrogen and oxygen atoms in total. The molecule has 0 saturated carbocycles. The Morgan fingerprint density at radius 2 is 0.806 bits per heavy atom. The quantitative estimate of drug-likeness (QED) is 0.127. The van der Waals surface area contributed by atoms with Gasteiger partial charge in [-0.05, 0) is 38.8 Å². The zero-order valence-corrected chi connectivity index (χ0v) is 21.7. The number of benzene rings is 1. The van der Waals surface area contributed by atoms with E-state index in [2.05, 4.69) is 51.1 Å². The van der Waals surface area contributed by atoms with E-state index in [1.165, 1.54) is 141 Å². The van der Waals surface area contributed by atoms with Gasteiger partial charge in [0.05, 0.1) is 19.6 Å². The van der Waals surface area contributed by atoms with Crippen LogP contribution in [0.5, 0.6) is 0 Å². The van der Waals surface area contributed by atoms with Gasteiger partial charge in [0.15, 0.2) is 0 Å². The number of nitrogens with zero attached hydrogens (tertiary/aromatic N) is 1. The average molecular weight is 431 g/mol. The van der Waals surface area contributed by atoms with E-state index in [0.717, 1.165) is 4.48 Å². The average Bonchev–Trinajstić information content (AvgIpc) is 2.81. The third kappa shape index (κ3) is 13.4. The van der Waals surface area contributed by atoms with E-state index < -0.39 is 0 Å². The molecule has 0 fully saturated rings. The molecule has 1 heteroatoms. The van der Waals surface area contributed by atoms with Crippen LogP contribution < -0.4 is 4.48 Å². The maximum atomic E-state index is 2.35. The van der Waals surface area contributed by atoms with Gasteiger partial charge in [-0.25, -0.2) is 0 Å². The minimum absolute atomic E-state index is 1.15. The number of rotatable bonds is 22. The van der Waals surface area contributed by atoms with Gasteiger partial charge in [-0.1, -0.05) is 128 Å². The normalized spacial score (nSPS) is 11.8. The molecule has 0 aliphatic carbocycles. The third-order valence-corrected chi connectivity index (χ3v) is 7.45. The summed E-state index contributed by atoms with van der Waals surface area (Å²) in [5.41, 5.74) is 1.50. The van der Waals surface area contributed by atoms with Crippen molar-refractivity contribution >= 4 is 5.69 Å². The highest BCUT2D eigenvalue weighted by Crippen LogP contribution is 2.24. The van der Waals surface area contributed by atoms with Crippen molar-refractivity contribution in [3.8, 4) is 0 Å². The molecule has 0 atom stereocenters. The highest BCUT2D eigenvalue weighted by molar-refractivity contribution is 5.42. The van der Waals surface area contributed by atoms with Crippen molar-refractivity contribution in [2.24, 2.45) is 0 Å². The van der Waals surface area contributed by atoms with Crippen LogP contribution in [0.3, 0.4) is 0 Å². The van der Waals surface area contributed by atoms with E-state index in [-0.39, 0.29) is 0 Å². The van der Waals surface area contributed by atoms with Crippen LogP contribution in [0.25, 0.3) is 0 Å². The Labute approximate surface area is 196 Å². The predicted molar refractivity (Wildman–Crippen MR) is 143 cm³/mol. The van der Waals surface area contributed by atoms with Crippen LogP contribution in [-0.4, -0.2) is 19.6 Å². The van der Waals surface area contributed by atoms with E-state index in [1.807, 2.05) is 0 Å². The van der Waals surface area contributed by atoms with Gasteiger partial charge >= 0.3 is 0 Å². The van der Waals surface area contributed by atoms with E-state index in [4.69, 9.17) is 0 Å². The van der Waals surface area contributed by atoms with Crippen LogP contribution >= 0.6 is 0 Å². The molecule has 1 aromatic carbocycles. The molecule has 0 aromatic heterocycles. The lowest BCUT2D eigenvalue weighted by Gasteiger charge is -2.36. The molecule has 180 valence electrons. The zero-order valence-electron chi connectivity index (χ0n) is 21.7. The molecular formula is C30H56N+. The molecule has 0 heterocycles. The summed E-state index contributed by atoms with van der Waals surface area (Å²) in [4.78, 5) is 0. The molecule has 0 aliphatic rings. The topological polar surface area (TPSA) is 0 Å². The fourth-order valence-electron chi connectivity index (χ4n) is 5.09. The minimum Gasteiger partial charge on any atom is -0.292 e. The SMILES string of the molecule is CCCCCCCCCCCCCCCCCCCC[N+](CC)(CC)c1ccccc1. The fraction of sp³-hybridized carbons (Fsp3) is 0.800. The van der Waals surface area contributed by atoms with Gasteiger partial charge < -0.3 is 0 Å². The Balaban J connectivity index is 1.90. The number of quaternary nitrogens is 1. The molecule has 0 aliphatic heterocycles. The highest BCUT2D eigenvalue weighted by Gasteiger charge is 2.25. The summed E-state index contributed by atoms with van der Waals surface area (Å²) in [6, 6.07) is 11.2. The second-order valence-corrected chi connectivity index (χ2v) is 9.85. The Morgan fingerprint density at radius 1 is 0.452 bits per heavy atom. The molecule has 0 spiro atoms. The first-order chi connectivity index (χ1) is 15.3. The van der Waals surface area contributed by atoms with Crippen molar-refractivity contribution in [2.45, 2.75) is 136 Å². The Kier molecular flexibility index (Phi) is 18.1. The Hall–Kier alpha value is -0.820. The van der Waals surface area contributed by atoms with Crippen LogP contribution in [0.15, 0.2) is 30.3 Å². The van der Waals surface area contributed by atoms with Crippen molar-refractivity contribution in [3.05, 3.63) is 30.3 Å². The monoisotopic (exact) mass is 430 g/mol. The van der Waals surface area contributed by atoms with E-state index in [1.54, 1.807) is 0 Å². The van der Waals surface area contributed by atoms with Crippen LogP contribution in [0.4, 0.5) is 5.69 Å². The molecule has 1 rings (SSSR count). The molecule has 0 bridgehead atoms. The van der Waals surface area contributed by atoms with Gasteiger partial charge in [-0.2, -0.15) is 0 Å². The summed E-state index contributed by atoms with van der Waals surface area (Å²) in [6.07, 6.45) is 26.1.